The maximum atomic E-state index is 13.2. The van der Waals surface area contributed by atoms with Crippen LogP contribution in [0.2, 0.25) is 5.02 Å². The Kier molecular flexibility index (Phi) is 3.76. The molecule has 3 rings (SSSR count). The zero-order chi connectivity index (χ0) is 14.1. The molecule has 0 bridgehead atoms. The number of hydrogen-bond donors (Lipinski definition) is 1. The summed E-state index contributed by atoms with van der Waals surface area (Å²) in [4.78, 5) is 4.73. The second-order valence-corrected chi connectivity index (χ2v) is 5.66. The maximum Gasteiger partial charge on any atom is 0.141 e. The fourth-order valence-electron chi connectivity index (χ4n) is 2.73. The molecule has 1 aliphatic rings. The molecule has 1 aromatic heterocycles. The number of halogens is 2. The number of imidazole rings is 1. The smallest absolute Gasteiger partial charge is 0.141 e. The van der Waals surface area contributed by atoms with E-state index in [9.17, 15) is 4.39 Å². The van der Waals surface area contributed by atoms with Gasteiger partial charge in [0.25, 0.3) is 0 Å². The van der Waals surface area contributed by atoms with Gasteiger partial charge in [0.15, 0.2) is 0 Å². The predicted molar refractivity (Wildman–Crippen MR) is 78.5 cm³/mol. The van der Waals surface area contributed by atoms with Gasteiger partial charge in [0.2, 0.25) is 0 Å². The molecule has 0 radical (unpaired) electrons. The fourth-order valence-corrected chi connectivity index (χ4v) is 2.92. The van der Waals surface area contributed by atoms with Crippen molar-refractivity contribution in [2.45, 2.75) is 18.8 Å². The Bertz CT molecular complexity index is 618. The van der Waals surface area contributed by atoms with Gasteiger partial charge < -0.3 is 9.88 Å². The van der Waals surface area contributed by atoms with Crippen molar-refractivity contribution in [2.75, 3.05) is 13.1 Å². The summed E-state index contributed by atoms with van der Waals surface area (Å²) in [5.74, 6) is 1.19. The van der Waals surface area contributed by atoms with Gasteiger partial charge in [-0.1, -0.05) is 11.6 Å². The van der Waals surface area contributed by atoms with Gasteiger partial charge in [0.05, 0.1) is 10.7 Å². The lowest BCUT2D eigenvalue weighted by atomic mass is 9.97. The van der Waals surface area contributed by atoms with Gasteiger partial charge >= 0.3 is 0 Å². The van der Waals surface area contributed by atoms with Gasteiger partial charge in [-0.05, 0) is 44.1 Å². The maximum absolute atomic E-state index is 13.2. The van der Waals surface area contributed by atoms with E-state index in [0.29, 0.717) is 5.92 Å². The van der Waals surface area contributed by atoms with Crippen molar-refractivity contribution in [3.05, 3.63) is 41.1 Å². The molecule has 0 unspecified atom stereocenters. The van der Waals surface area contributed by atoms with Crippen molar-refractivity contribution in [1.29, 1.82) is 0 Å². The number of nitrogens with one attached hydrogen (secondary N) is 1. The van der Waals surface area contributed by atoms with Gasteiger partial charge in [0, 0.05) is 24.7 Å². The van der Waals surface area contributed by atoms with Gasteiger partial charge in [-0.3, -0.25) is 0 Å². The minimum absolute atomic E-state index is 0.136. The molecular weight excluding hydrogens is 277 g/mol. The molecule has 0 aliphatic carbocycles. The molecule has 106 valence electrons. The first-order chi connectivity index (χ1) is 9.65. The third kappa shape index (κ3) is 2.58. The third-order valence-electron chi connectivity index (χ3n) is 3.83. The van der Waals surface area contributed by atoms with Crippen molar-refractivity contribution in [3.63, 3.8) is 0 Å². The molecule has 0 atom stereocenters. The van der Waals surface area contributed by atoms with Crippen LogP contribution in [0.25, 0.3) is 11.3 Å². The van der Waals surface area contributed by atoms with E-state index in [0.717, 1.165) is 43.0 Å². The van der Waals surface area contributed by atoms with Crippen LogP contribution >= 0.6 is 11.6 Å². The highest BCUT2D eigenvalue weighted by Crippen LogP contribution is 2.29. The van der Waals surface area contributed by atoms with Crippen LogP contribution in [0.15, 0.2) is 24.4 Å². The Hall–Kier alpha value is -1.39. The molecule has 1 aromatic carbocycles. The van der Waals surface area contributed by atoms with Crippen LogP contribution in [0.5, 0.6) is 0 Å². The molecule has 1 fully saturated rings. The first-order valence-electron chi connectivity index (χ1n) is 6.84. The number of piperidine rings is 1. The summed E-state index contributed by atoms with van der Waals surface area (Å²) in [5.41, 5.74) is 1.70. The van der Waals surface area contributed by atoms with Gasteiger partial charge in [-0.25, -0.2) is 9.37 Å². The molecule has 2 heterocycles. The van der Waals surface area contributed by atoms with E-state index in [1.807, 2.05) is 13.2 Å². The highest BCUT2D eigenvalue weighted by atomic mass is 35.5. The Morgan fingerprint density at radius 2 is 2.10 bits per heavy atom. The lowest BCUT2D eigenvalue weighted by molar-refractivity contribution is 0.437. The number of aromatic nitrogens is 2. The number of nitrogens with zero attached hydrogens (tertiary/aromatic N) is 2. The van der Waals surface area contributed by atoms with E-state index in [2.05, 4.69) is 9.88 Å². The molecule has 5 heteroatoms. The monoisotopic (exact) mass is 293 g/mol. The molecule has 0 amide bonds. The molecule has 1 aliphatic heterocycles. The summed E-state index contributed by atoms with van der Waals surface area (Å²) >= 11 is 5.84. The van der Waals surface area contributed by atoms with E-state index in [1.54, 1.807) is 12.1 Å². The molecule has 3 nitrogen and oxygen atoms in total. The lowest BCUT2D eigenvalue weighted by Gasteiger charge is -2.21. The fraction of sp³-hybridized carbons (Fsp3) is 0.400. The van der Waals surface area contributed by atoms with Crippen molar-refractivity contribution >= 4 is 11.6 Å². The minimum atomic E-state index is -0.398. The largest absolute Gasteiger partial charge is 0.337 e. The first-order valence-corrected chi connectivity index (χ1v) is 7.22. The van der Waals surface area contributed by atoms with Crippen molar-refractivity contribution in [1.82, 2.24) is 14.9 Å². The Balaban J connectivity index is 1.93. The van der Waals surface area contributed by atoms with Gasteiger partial charge in [0.1, 0.15) is 11.6 Å². The summed E-state index contributed by atoms with van der Waals surface area (Å²) in [5, 5.41) is 3.50. The second kappa shape index (κ2) is 5.54. The summed E-state index contributed by atoms with van der Waals surface area (Å²) in [6.07, 6.45) is 4.20. The number of rotatable bonds is 2. The van der Waals surface area contributed by atoms with Crippen molar-refractivity contribution in [3.8, 4) is 11.3 Å². The Morgan fingerprint density at radius 3 is 2.80 bits per heavy atom. The molecule has 1 N–H and O–H groups in total. The quantitative estimate of drug-likeness (QED) is 0.920. The predicted octanol–water partition coefficient (Wildman–Crippen LogP) is 3.35. The topological polar surface area (TPSA) is 29.9 Å². The van der Waals surface area contributed by atoms with Crippen molar-refractivity contribution in [2.24, 2.45) is 7.05 Å². The summed E-state index contributed by atoms with van der Waals surface area (Å²) in [6.45, 7) is 2.07. The highest BCUT2D eigenvalue weighted by Gasteiger charge is 2.20. The first kappa shape index (κ1) is 13.6. The van der Waals surface area contributed by atoms with Gasteiger partial charge in [-0.15, -0.1) is 0 Å². The summed E-state index contributed by atoms with van der Waals surface area (Å²) < 4.78 is 15.3. The van der Waals surface area contributed by atoms with E-state index in [4.69, 9.17) is 16.6 Å². The molecule has 2 aromatic rings. The second-order valence-electron chi connectivity index (χ2n) is 5.25. The van der Waals surface area contributed by atoms with Crippen molar-refractivity contribution < 1.29 is 4.39 Å². The molecule has 0 spiro atoms. The summed E-state index contributed by atoms with van der Waals surface area (Å²) in [6, 6.07) is 4.73. The van der Waals surface area contributed by atoms with E-state index >= 15 is 0 Å². The number of benzene rings is 1. The normalized spacial score (nSPS) is 16.6. The van der Waals surface area contributed by atoms with Crippen LogP contribution in [-0.2, 0) is 7.05 Å². The zero-order valence-corrected chi connectivity index (χ0v) is 12.1. The van der Waals surface area contributed by atoms with Crippen LogP contribution in [0.3, 0.4) is 0 Å². The SMILES string of the molecule is Cn1cc(-c2ccc(F)c(Cl)c2)nc1C1CCNCC1. The molecule has 1 saturated heterocycles. The Labute approximate surface area is 122 Å². The van der Waals surface area contributed by atoms with Crippen LogP contribution in [0, 0.1) is 5.82 Å². The zero-order valence-electron chi connectivity index (χ0n) is 11.4. The van der Waals surface area contributed by atoms with E-state index in [1.165, 1.54) is 6.07 Å². The van der Waals surface area contributed by atoms with E-state index in [-0.39, 0.29) is 5.02 Å². The van der Waals surface area contributed by atoms with Crippen LogP contribution < -0.4 is 5.32 Å². The molecule has 20 heavy (non-hydrogen) atoms. The minimum Gasteiger partial charge on any atom is -0.337 e. The summed E-state index contributed by atoms with van der Waals surface area (Å²) in [7, 11) is 2.01. The number of aryl methyl sites for hydroxylation is 1. The highest BCUT2D eigenvalue weighted by molar-refractivity contribution is 6.31. The van der Waals surface area contributed by atoms with E-state index < -0.39 is 5.82 Å². The Morgan fingerprint density at radius 1 is 1.35 bits per heavy atom. The van der Waals surface area contributed by atoms with Crippen LogP contribution in [0.4, 0.5) is 4.39 Å². The van der Waals surface area contributed by atoms with Crippen LogP contribution in [0.1, 0.15) is 24.6 Å². The molecular formula is C15H17ClFN3. The average molecular weight is 294 g/mol. The third-order valence-corrected chi connectivity index (χ3v) is 4.12. The average Bonchev–Trinajstić information content (AvgIpc) is 2.85. The lowest BCUT2D eigenvalue weighted by Crippen LogP contribution is -2.27. The molecule has 0 saturated carbocycles. The standard InChI is InChI=1S/C15H17ClFN3/c1-20-9-14(11-2-3-13(17)12(16)8-11)19-15(20)10-4-6-18-7-5-10/h2-3,8-10,18H,4-7H2,1H3. The number of hydrogen-bond acceptors (Lipinski definition) is 2. The van der Waals surface area contributed by atoms with Gasteiger partial charge in [-0.2, -0.15) is 0 Å². The van der Waals surface area contributed by atoms with Crippen LogP contribution in [-0.4, -0.2) is 22.6 Å².